The van der Waals surface area contributed by atoms with E-state index in [0.717, 1.165) is 12.5 Å². The van der Waals surface area contributed by atoms with Gasteiger partial charge in [0.05, 0.1) is 0 Å². The second kappa shape index (κ2) is 6.36. The second-order valence-electron chi connectivity index (χ2n) is 3.75. The molecular weight excluding hydrogens is 170 g/mol. The summed E-state index contributed by atoms with van der Waals surface area (Å²) in [7, 11) is 0. The van der Waals surface area contributed by atoms with Crippen LogP contribution in [-0.2, 0) is 0 Å². The Morgan fingerprint density at radius 3 is 2.64 bits per heavy atom. The van der Waals surface area contributed by atoms with Crippen molar-refractivity contribution in [3.05, 3.63) is 35.9 Å². The van der Waals surface area contributed by atoms with E-state index < -0.39 is 0 Å². The van der Waals surface area contributed by atoms with Gasteiger partial charge in [0.15, 0.2) is 0 Å². The van der Waals surface area contributed by atoms with Crippen LogP contribution in [0.25, 0.3) is 0 Å². The van der Waals surface area contributed by atoms with Gasteiger partial charge in [0, 0.05) is 12.8 Å². The minimum atomic E-state index is 0.794. The predicted octanol–water partition coefficient (Wildman–Crippen LogP) is 3.54. The topological polar surface area (TPSA) is 12.4 Å². The summed E-state index contributed by atoms with van der Waals surface area (Å²) < 4.78 is 0. The Hall–Kier alpha value is -1.11. The molecule has 0 aliphatic heterocycles. The minimum Gasteiger partial charge on any atom is -0.293 e. The van der Waals surface area contributed by atoms with Crippen LogP contribution in [0.15, 0.2) is 35.3 Å². The number of hydrogen-bond acceptors (Lipinski definition) is 1. The van der Waals surface area contributed by atoms with Crippen molar-refractivity contribution in [3.63, 3.8) is 0 Å². The molecule has 1 aromatic carbocycles. The molecule has 1 aromatic rings. The average molecular weight is 189 g/mol. The van der Waals surface area contributed by atoms with Gasteiger partial charge in [-0.25, -0.2) is 0 Å². The Labute approximate surface area is 86.9 Å². The van der Waals surface area contributed by atoms with Crippen molar-refractivity contribution in [2.45, 2.75) is 26.7 Å². The summed E-state index contributed by atoms with van der Waals surface area (Å²) in [5.74, 6) is 0.794. The standard InChI is InChI=1S/C13H19N/c1-3-12(2)9-10-14-11-13-7-5-4-6-8-13/h4-8,11-12H,3,9-10H2,1-2H3/t12-/m1/s1. The fourth-order valence-electron chi connectivity index (χ4n) is 1.21. The zero-order valence-corrected chi connectivity index (χ0v) is 9.11. The fraction of sp³-hybridized carbons (Fsp3) is 0.462. The van der Waals surface area contributed by atoms with Crippen molar-refractivity contribution >= 4 is 6.21 Å². The number of aliphatic imine (C=N–C) groups is 1. The lowest BCUT2D eigenvalue weighted by atomic mass is 10.1. The maximum atomic E-state index is 4.40. The van der Waals surface area contributed by atoms with Crippen LogP contribution in [0.2, 0.25) is 0 Å². The molecule has 76 valence electrons. The van der Waals surface area contributed by atoms with Crippen molar-refractivity contribution < 1.29 is 0 Å². The normalized spacial score (nSPS) is 13.3. The van der Waals surface area contributed by atoms with Gasteiger partial charge in [-0.3, -0.25) is 4.99 Å². The first-order valence-electron chi connectivity index (χ1n) is 5.37. The smallest absolute Gasteiger partial charge is 0.0392 e. The molecule has 0 bridgehead atoms. The number of nitrogens with zero attached hydrogens (tertiary/aromatic N) is 1. The van der Waals surface area contributed by atoms with Gasteiger partial charge < -0.3 is 0 Å². The van der Waals surface area contributed by atoms with E-state index >= 15 is 0 Å². The van der Waals surface area contributed by atoms with Crippen LogP contribution in [0.5, 0.6) is 0 Å². The highest BCUT2D eigenvalue weighted by molar-refractivity contribution is 5.79. The van der Waals surface area contributed by atoms with Gasteiger partial charge in [0.25, 0.3) is 0 Å². The van der Waals surface area contributed by atoms with E-state index in [2.05, 4.69) is 31.0 Å². The number of hydrogen-bond donors (Lipinski definition) is 0. The van der Waals surface area contributed by atoms with Crippen LogP contribution in [-0.4, -0.2) is 12.8 Å². The van der Waals surface area contributed by atoms with Crippen LogP contribution in [0.1, 0.15) is 32.3 Å². The lowest BCUT2D eigenvalue weighted by Crippen LogP contribution is -1.94. The van der Waals surface area contributed by atoms with Crippen molar-refractivity contribution in [2.24, 2.45) is 10.9 Å². The summed E-state index contributed by atoms with van der Waals surface area (Å²) in [6.45, 7) is 5.45. The lowest BCUT2D eigenvalue weighted by molar-refractivity contribution is 0.525. The molecule has 1 rings (SSSR count). The van der Waals surface area contributed by atoms with Crippen LogP contribution in [0.4, 0.5) is 0 Å². The molecular formula is C13H19N. The van der Waals surface area contributed by atoms with Gasteiger partial charge in [-0.15, -0.1) is 0 Å². The van der Waals surface area contributed by atoms with Gasteiger partial charge in [0.2, 0.25) is 0 Å². The molecule has 0 aliphatic carbocycles. The lowest BCUT2D eigenvalue weighted by Gasteiger charge is -2.03. The Morgan fingerprint density at radius 2 is 2.00 bits per heavy atom. The van der Waals surface area contributed by atoms with Crippen LogP contribution < -0.4 is 0 Å². The van der Waals surface area contributed by atoms with E-state index in [4.69, 9.17) is 0 Å². The first-order chi connectivity index (χ1) is 6.83. The van der Waals surface area contributed by atoms with Gasteiger partial charge in [-0.1, -0.05) is 50.6 Å². The Morgan fingerprint density at radius 1 is 1.29 bits per heavy atom. The molecule has 0 saturated heterocycles. The van der Waals surface area contributed by atoms with Crippen LogP contribution in [0.3, 0.4) is 0 Å². The molecule has 1 nitrogen and oxygen atoms in total. The number of rotatable bonds is 5. The molecule has 1 heteroatoms. The van der Waals surface area contributed by atoms with Crippen molar-refractivity contribution in [2.75, 3.05) is 6.54 Å². The molecule has 0 radical (unpaired) electrons. The maximum Gasteiger partial charge on any atom is 0.0392 e. The SMILES string of the molecule is CC[C@@H](C)CCN=Cc1ccccc1. The van der Waals surface area contributed by atoms with Crippen molar-refractivity contribution in [3.8, 4) is 0 Å². The molecule has 1 atom stereocenters. The monoisotopic (exact) mass is 189 g/mol. The summed E-state index contributed by atoms with van der Waals surface area (Å²) in [5, 5.41) is 0. The molecule has 0 aliphatic rings. The predicted molar refractivity (Wildman–Crippen MR) is 63.0 cm³/mol. The van der Waals surface area contributed by atoms with E-state index in [1.165, 1.54) is 18.4 Å². The third-order valence-electron chi connectivity index (χ3n) is 2.49. The van der Waals surface area contributed by atoms with E-state index in [1.54, 1.807) is 0 Å². The Balaban J connectivity index is 2.28. The molecule has 0 amide bonds. The average Bonchev–Trinajstić information content (AvgIpc) is 2.25. The Kier molecular flexibility index (Phi) is 4.98. The second-order valence-corrected chi connectivity index (χ2v) is 3.75. The van der Waals surface area contributed by atoms with Crippen LogP contribution in [0, 0.1) is 5.92 Å². The van der Waals surface area contributed by atoms with E-state index in [1.807, 2.05) is 24.4 Å². The summed E-state index contributed by atoms with van der Waals surface area (Å²) in [5.41, 5.74) is 1.19. The van der Waals surface area contributed by atoms with Gasteiger partial charge in [-0.05, 0) is 17.9 Å². The summed E-state index contributed by atoms with van der Waals surface area (Å²) in [4.78, 5) is 4.40. The first-order valence-corrected chi connectivity index (χ1v) is 5.37. The quantitative estimate of drug-likeness (QED) is 0.628. The minimum absolute atomic E-state index is 0.794. The molecule has 0 aromatic heterocycles. The summed E-state index contributed by atoms with van der Waals surface area (Å²) >= 11 is 0. The van der Waals surface area contributed by atoms with Gasteiger partial charge in [0.1, 0.15) is 0 Å². The zero-order chi connectivity index (χ0) is 10.2. The molecule has 0 N–H and O–H groups in total. The van der Waals surface area contributed by atoms with Crippen LogP contribution >= 0.6 is 0 Å². The van der Waals surface area contributed by atoms with E-state index in [9.17, 15) is 0 Å². The molecule has 0 saturated carbocycles. The van der Waals surface area contributed by atoms with E-state index in [-0.39, 0.29) is 0 Å². The molecule has 0 heterocycles. The molecule has 0 fully saturated rings. The van der Waals surface area contributed by atoms with Crippen molar-refractivity contribution in [1.29, 1.82) is 0 Å². The van der Waals surface area contributed by atoms with Gasteiger partial charge in [-0.2, -0.15) is 0 Å². The molecule has 14 heavy (non-hydrogen) atoms. The Bertz CT molecular complexity index is 264. The van der Waals surface area contributed by atoms with Crippen molar-refractivity contribution in [1.82, 2.24) is 0 Å². The summed E-state index contributed by atoms with van der Waals surface area (Å²) in [6, 6.07) is 10.3. The number of benzene rings is 1. The fourth-order valence-corrected chi connectivity index (χ4v) is 1.21. The molecule has 0 spiro atoms. The van der Waals surface area contributed by atoms with Gasteiger partial charge >= 0.3 is 0 Å². The largest absolute Gasteiger partial charge is 0.293 e. The first kappa shape index (κ1) is 11.0. The zero-order valence-electron chi connectivity index (χ0n) is 9.11. The highest BCUT2D eigenvalue weighted by Crippen LogP contribution is 2.05. The maximum absolute atomic E-state index is 4.40. The third-order valence-corrected chi connectivity index (χ3v) is 2.49. The molecule has 0 unspecified atom stereocenters. The van der Waals surface area contributed by atoms with E-state index in [0.29, 0.717) is 0 Å². The summed E-state index contributed by atoms with van der Waals surface area (Å²) in [6.07, 6.45) is 4.41. The highest BCUT2D eigenvalue weighted by atomic mass is 14.7. The third kappa shape index (κ3) is 4.22. The highest BCUT2D eigenvalue weighted by Gasteiger charge is 1.95.